The maximum absolute atomic E-state index is 10.6. The van der Waals surface area contributed by atoms with Gasteiger partial charge in [0, 0.05) is 5.92 Å². The third-order valence-corrected chi connectivity index (χ3v) is 1.56. The van der Waals surface area contributed by atoms with Crippen molar-refractivity contribution in [2.75, 3.05) is 5.88 Å². The van der Waals surface area contributed by atoms with Crippen LogP contribution in [0.1, 0.15) is 20.3 Å². The zero-order chi connectivity index (χ0) is 6.57. The molecule has 0 N–H and O–H groups in total. The molecule has 1 nitrogen and oxygen atoms in total. The molecule has 2 heteroatoms. The maximum Gasteiger partial charge on any atom is 0.150 e. The molecule has 0 aromatic rings. The number of hydrogen-bond donors (Lipinski definition) is 0. The Balaban J connectivity index is 3.46. The van der Waals surface area contributed by atoms with E-state index in [1.54, 1.807) is 0 Å². The minimum Gasteiger partial charge on any atom is -0.298 e. The van der Waals surface area contributed by atoms with Crippen molar-refractivity contribution < 1.29 is 4.79 Å². The minimum absolute atomic E-state index is 0.146. The Labute approximate surface area is 55.0 Å². The minimum atomic E-state index is 0.146. The Morgan fingerprint density at radius 1 is 1.75 bits per heavy atom. The molecule has 0 aromatic heterocycles. The van der Waals surface area contributed by atoms with Gasteiger partial charge in [-0.2, -0.15) is 0 Å². The fraction of sp³-hybridized carbons (Fsp3) is 0.833. The zero-order valence-corrected chi connectivity index (χ0v) is 6.03. The van der Waals surface area contributed by atoms with Crippen molar-refractivity contribution in [3.8, 4) is 0 Å². The first kappa shape index (κ1) is 7.96. The van der Waals surface area contributed by atoms with Crippen LogP contribution in [0.2, 0.25) is 0 Å². The Bertz CT molecular complexity index is 80.6. The average Bonchev–Trinajstić information content (AvgIpc) is 1.84. The highest BCUT2D eigenvalue weighted by atomic mass is 35.5. The van der Waals surface area contributed by atoms with Crippen LogP contribution in [0.25, 0.3) is 0 Å². The lowest BCUT2D eigenvalue weighted by Crippen LogP contribution is -2.10. The van der Waals surface area contributed by atoms with Gasteiger partial charge in [0.2, 0.25) is 0 Å². The van der Waals surface area contributed by atoms with Gasteiger partial charge in [0.1, 0.15) is 5.78 Å². The highest BCUT2D eigenvalue weighted by molar-refractivity contribution is 6.27. The Morgan fingerprint density at radius 2 is 2.25 bits per heavy atom. The molecule has 0 aliphatic heterocycles. The van der Waals surface area contributed by atoms with Gasteiger partial charge in [0.25, 0.3) is 0 Å². The summed E-state index contributed by atoms with van der Waals surface area (Å²) in [6.07, 6.45) is 0.894. The first-order valence-corrected chi connectivity index (χ1v) is 3.34. The molecule has 0 heterocycles. The van der Waals surface area contributed by atoms with E-state index < -0.39 is 0 Å². The molecular weight excluding hydrogens is 124 g/mol. The number of carbonyl (C=O) groups is 1. The van der Waals surface area contributed by atoms with Gasteiger partial charge in [-0.15, -0.1) is 11.6 Å². The molecule has 0 amide bonds. The lowest BCUT2D eigenvalue weighted by molar-refractivity contribution is -0.119. The quantitative estimate of drug-likeness (QED) is 0.539. The summed E-state index contributed by atoms with van der Waals surface area (Å²) in [5.74, 6) is 0.455. The fourth-order valence-electron chi connectivity index (χ4n) is 0.359. The van der Waals surface area contributed by atoms with Crippen LogP contribution in [0.15, 0.2) is 0 Å². The summed E-state index contributed by atoms with van der Waals surface area (Å²) in [4.78, 5) is 10.6. The molecule has 48 valence electrons. The van der Waals surface area contributed by atoms with Crippen LogP contribution in [0, 0.1) is 5.92 Å². The van der Waals surface area contributed by atoms with Gasteiger partial charge in [0.15, 0.2) is 0 Å². The molecule has 0 radical (unpaired) electrons. The van der Waals surface area contributed by atoms with Crippen molar-refractivity contribution in [2.24, 2.45) is 5.92 Å². The normalized spacial score (nSPS) is 13.4. The van der Waals surface area contributed by atoms with Crippen LogP contribution in [0.5, 0.6) is 0 Å². The van der Waals surface area contributed by atoms with Crippen molar-refractivity contribution in [3.63, 3.8) is 0 Å². The summed E-state index contributed by atoms with van der Waals surface area (Å²) in [6.45, 7) is 3.87. The second-order valence-electron chi connectivity index (χ2n) is 1.91. The van der Waals surface area contributed by atoms with Gasteiger partial charge in [-0.05, 0) is 6.42 Å². The molecule has 0 aliphatic rings. The number of rotatable bonds is 3. The van der Waals surface area contributed by atoms with E-state index in [9.17, 15) is 4.79 Å². The van der Waals surface area contributed by atoms with Crippen molar-refractivity contribution >= 4 is 17.4 Å². The van der Waals surface area contributed by atoms with Crippen LogP contribution >= 0.6 is 11.6 Å². The number of hydrogen-bond acceptors (Lipinski definition) is 1. The monoisotopic (exact) mass is 134 g/mol. The van der Waals surface area contributed by atoms with E-state index in [1.165, 1.54) is 0 Å². The van der Waals surface area contributed by atoms with E-state index in [1.807, 2.05) is 13.8 Å². The average molecular weight is 135 g/mol. The third kappa shape index (κ3) is 2.31. The first-order chi connectivity index (χ1) is 3.72. The molecule has 8 heavy (non-hydrogen) atoms. The molecule has 1 atom stereocenters. The highest BCUT2D eigenvalue weighted by Crippen LogP contribution is 2.02. The van der Waals surface area contributed by atoms with Crippen LogP contribution in [0.3, 0.4) is 0 Å². The lowest BCUT2D eigenvalue weighted by Gasteiger charge is -2.01. The van der Waals surface area contributed by atoms with Crippen LogP contribution < -0.4 is 0 Å². The van der Waals surface area contributed by atoms with Gasteiger partial charge in [-0.1, -0.05) is 13.8 Å². The Hall–Kier alpha value is -0.0400. The van der Waals surface area contributed by atoms with Gasteiger partial charge >= 0.3 is 0 Å². The third-order valence-electron chi connectivity index (χ3n) is 1.29. The number of halogens is 1. The number of carbonyl (C=O) groups excluding carboxylic acids is 1. The number of ketones is 1. The van der Waals surface area contributed by atoms with Gasteiger partial charge < -0.3 is 0 Å². The molecule has 0 fully saturated rings. The second kappa shape index (κ2) is 3.90. The van der Waals surface area contributed by atoms with Crippen molar-refractivity contribution in [3.05, 3.63) is 0 Å². The first-order valence-electron chi connectivity index (χ1n) is 2.81. The number of alkyl halides is 1. The summed E-state index contributed by atoms with van der Waals surface area (Å²) >= 11 is 5.28. The van der Waals surface area contributed by atoms with E-state index in [2.05, 4.69) is 0 Å². The molecule has 0 rings (SSSR count). The molecule has 0 unspecified atom stereocenters. The van der Waals surface area contributed by atoms with Crippen molar-refractivity contribution in [1.29, 1.82) is 0 Å². The summed E-state index contributed by atoms with van der Waals surface area (Å²) in [5, 5.41) is 0. The molecule has 0 saturated heterocycles. The van der Waals surface area contributed by atoms with Crippen LogP contribution in [-0.2, 0) is 4.79 Å². The molecule has 0 aliphatic carbocycles. The molecule has 0 saturated carbocycles. The van der Waals surface area contributed by atoms with Gasteiger partial charge in [-0.3, -0.25) is 4.79 Å². The largest absolute Gasteiger partial charge is 0.298 e. The SMILES string of the molecule is CC[C@@H](C)C(=O)CCl. The number of Topliss-reactive ketones (excluding diaryl/α,β-unsaturated/α-hetero) is 1. The van der Waals surface area contributed by atoms with Crippen molar-refractivity contribution in [2.45, 2.75) is 20.3 Å². The predicted octanol–water partition coefficient (Wildman–Crippen LogP) is 1.84. The van der Waals surface area contributed by atoms with E-state index in [0.29, 0.717) is 0 Å². The zero-order valence-electron chi connectivity index (χ0n) is 5.28. The Kier molecular flexibility index (Phi) is 3.88. The molecule has 0 aromatic carbocycles. The summed E-state index contributed by atoms with van der Waals surface area (Å²) < 4.78 is 0. The summed E-state index contributed by atoms with van der Waals surface area (Å²) in [7, 11) is 0. The Morgan fingerprint density at radius 3 is 2.38 bits per heavy atom. The fourth-order valence-corrected chi connectivity index (χ4v) is 0.623. The van der Waals surface area contributed by atoms with E-state index >= 15 is 0 Å². The predicted molar refractivity (Wildman–Crippen MR) is 35.2 cm³/mol. The lowest BCUT2D eigenvalue weighted by atomic mass is 10.1. The second-order valence-corrected chi connectivity index (χ2v) is 2.18. The van der Waals surface area contributed by atoms with Crippen LogP contribution in [0.4, 0.5) is 0 Å². The highest BCUT2D eigenvalue weighted by Gasteiger charge is 2.06. The maximum atomic E-state index is 10.6. The van der Waals surface area contributed by atoms with E-state index in [4.69, 9.17) is 11.6 Å². The van der Waals surface area contributed by atoms with E-state index in [0.717, 1.165) is 6.42 Å². The molecular formula is C6H11ClO. The van der Waals surface area contributed by atoms with Crippen LogP contribution in [-0.4, -0.2) is 11.7 Å². The molecule has 0 spiro atoms. The summed E-state index contributed by atoms with van der Waals surface area (Å²) in [6, 6.07) is 0. The van der Waals surface area contributed by atoms with Gasteiger partial charge in [0.05, 0.1) is 5.88 Å². The molecule has 0 bridgehead atoms. The summed E-state index contributed by atoms with van der Waals surface area (Å²) in [5.41, 5.74) is 0. The van der Waals surface area contributed by atoms with E-state index in [-0.39, 0.29) is 17.6 Å². The van der Waals surface area contributed by atoms with Gasteiger partial charge in [-0.25, -0.2) is 0 Å². The smallest absolute Gasteiger partial charge is 0.150 e. The topological polar surface area (TPSA) is 17.1 Å². The van der Waals surface area contributed by atoms with Crippen molar-refractivity contribution in [1.82, 2.24) is 0 Å². The standard InChI is InChI=1S/C6H11ClO/c1-3-5(2)6(8)4-7/h5H,3-4H2,1-2H3/t5-/m1/s1.